The lowest BCUT2D eigenvalue weighted by Crippen LogP contribution is -2.26. The highest BCUT2D eigenvalue weighted by molar-refractivity contribution is 6.04. The maximum absolute atomic E-state index is 12.9. The van der Waals surface area contributed by atoms with Crippen LogP contribution in [0.4, 0.5) is 5.69 Å². The Morgan fingerprint density at radius 2 is 1.96 bits per heavy atom. The van der Waals surface area contributed by atoms with Crippen LogP contribution in [0.5, 0.6) is 0 Å². The number of nitrogens with zero attached hydrogens (tertiary/aromatic N) is 2. The number of anilines is 1. The number of carbonyl (C=O) groups excluding carboxylic acids is 2. The van der Waals surface area contributed by atoms with E-state index in [0.717, 1.165) is 62.0 Å². The van der Waals surface area contributed by atoms with Crippen molar-refractivity contribution >= 4 is 17.5 Å². The molecule has 6 heteroatoms. The van der Waals surface area contributed by atoms with E-state index in [2.05, 4.69) is 29.5 Å². The van der Waals surface area contributed by atoms with Crippen LogP contribution >= 0.6 is 0 Å². The lowest BCUT2D eigenvalue weighted by molar-refractivity contribution is 0.0947. The van der Waals surface area contributed by atoms with Gasteiger partial charge in [0.1, 0.15) is 5.69 Å². The smallest absolute Gasteiger partial charge is 0.291 e. The molecule has 1 aliphatic heterocycles. The Morgan fingerprint density at radius 3 is 2.74 bits per heavy atom. The number of imidazole rings is 1. The summed E-state index contributed by atoms with van der Waals surface area (Å²) in [5, 5.41) is 5.90. The Balaban J connectivity index is 1.86. The van der Waals surface area contributed by atoms with Crippen molar-refractivity contribution in [3.8, 4) is 0 Å². The minimum atomic E-state index is -0.258. The Hall–Kier alpha value is -2.63. The van der Waals surface area contributed by atoms with Crippen LogP contribution in [0.1, 0.15) is 71.9 Å². The van der Waals surface area contributed by atoms with E-state index in [1.807, 2.05) is 28.8 Å². The minimum absolute atomic E-state index is 0.179. The molecule has 1 aromatic carbocycles. The van der Waals surface area contributed by atoms with Crippen molar-refractivity contribution in [3.63, 3.8) is 0 Å². The van der Waals surface area contributed by atoms with E-state index in [4.69, 9.17) is 0 Å². The second-order valence-corrected chi connectivity index (χ2v) is 6.91. The van der Waals surface area contributed by atoms with E-state index in [1.54, 1.807) is 0 Å². The molecule has 0 fully saturated rings. The van der Waals surface area contributed by atoms with Crippen molar-refractivity contribution in [1.82, 2.24) is 14.9 Å². The number of aromatic nitrogens is 2. The molecule has 0 saturated heterocycles. The quantitative estimate of drug-likeness (QED) is 0.734. The van der Waals surface area contributed by atoms with Crippen LogP contribution in [0.15, 0.2) is 24.3 Å². The molecule has 0 aliphatic carbocycles. The fraction of sp³-hybridized carbons (Fsp3) is 0.476. The van der Waals surface area contributed by atoms with Gasteiger partial charge in [-0.3, -0.25) is 9.59 Å². The van der Waals surface area contributed by atoms with Crippen LogP contribution in [-0.2, 0) is 19.4 Å². The number of amides is 2. The van der Waals surface area contributed by atoms with Crippen molar-refractivity contribution < 1.29 is 9.59 Å². The Morgan fingerprint density at radius 1 is 1.15 bits per heavy atom. The molecular weight excluding hydrogens is 340 g/mol. The van der Waals surface area contributed by atoms with Gasteiger partial charge in [0, 0.05) is 18.8 Å². The molecule has 0 saturated carbocycles. The van der Waals surface area contributed by atoms with E-state index in [9.17, 15) is 9.59 Å². The zero-order chi connectivity index (χ0) is 19.2. The van der Waals surface area contributed by atoms with Gasteiger partial charge in [0.05, 0.1) is 5.69 Å². The van der Waals surface area contributed by atoms with E-state index in [0.29, 0.717) is 18.1 Å². The molecule has 27 heavy (non-hydrogen) atoms. The number of fused-ring (bicyclic) bond motifs is 1. The first-order valence-corrected chi connectivity index (χ1v) is 9.92. The Bertz CT molecular complexity index is 826. The minimum Gasteiger partial charge on any atom is -0.351 e. The van der Waals surface area contributed by atoms with E-state index < -0.39 is 0 Å². The van der Waals surface area contributed by atoms with Gasteiger partial charge in [-0.15, -0.1) is 0 Å². The number of hydrogen-bond acceptors (Lipinski definition) is 3. The Kier molecular flexibility index (Phi) is 6.27. The third kappa shape index (κ3) is 4.21. The van der Waals surface area contributed by atoms with Gasteiger partial charge in [-0.05, 0) is 43.7 Å². The topological polar surface area (TPSA) is 76.0 Å². The summed E-state index contributed by atoms with van der Waals surface area (Å²) < 4.78 is 1.92. The van der Waals surface area contributed by atoms with Crippen LogP contribution in [0, 0.1) is 0 Å². The van der Waals surface area contributed by atoms with Gasteiger partial charge in [0.25, 0.3) is 11.8 Å². The van der Waals surface area contributed by atoms with Crippen LogP contribution in [0.25, 0.3) is 0 Å². The van der Waals surface area contributed by atoms with Gasteiger partial charge >= 0.3 is 0 Å². The summed E-state index contributed by atoms with van der Waals surface area (Å²) in [6.45, 7) is 5.50. The van der Waals surface area contributed by atoms with Crippen LogP contribution < -0.4 is 10.6 Å². The lowest BCUT2D eigenvalue weighted by Gasteiger charge is -2.17. The molecule has 2 heterocycles. The third-order valence-corrected chi connectivity index (χ3v) is 5.00. The summed E-state index contributed by atoms with van der Waals surface area (Å²) in [6.07, 6.45) is 5.57. The fourth-order valence-corrected chi connectivity index (χ4v) is 3.49. The molecule has 1 aromatic heterocycles. The summed E-state index contributed by atoms with van der Waals surface area (Å²) in [5.41, 5.74) is 3.16. The van der Waals surface area contributed by atoms with Gasteiger partial charge in [-0.25, -0.2) is 4.98 Å². The highest BCUT2D eigenvalue weighted by Gasteiger charge is 2.27. The van der Waals surface area contributed by atoms with Crippen LogP contribution in [0.3, 0.4) is 0 Å². The summed E-state index contributed by atoms with van der Waals surface area (Å²) in [5.74, 6) is -0.106. The van der Waals surface area contributed by atoms with Crippen molar-refractivity contribution in [1.29, 1.82) is 0 Å². The highest BCUT2D eigenvalue weighted by Crippen LogP contribution is 2.23. The average Bonchev–Trinajstić information content (AvgIpc) is 3.08. The number of unbranched alkanes of at least 4 members (excludes halogenated alkanes) is 1. The number of para-hydroxylation sites is 1. The molecule has 2 amide bonds. The fourth-order valence-electron chi connectivity index (χ4n) is 3.49. The molecule has 0 unspecified atom stereocenters. The summed E-state index contributed by atoms with van der Waals surface area (Å²) in [4.78, 5) is 30.0. The van der Waals surface area contributed by atoms with Gasteiger partial charge in [0.15, 0.2) is 5.82 Å². The maximum atomic E-state index is 12.9. The number of hydrogen-bond donors (Lipinski definition) is 2. The van der Waals surface area contributed by atoms with Gasteiger partial charge in [0.2, 0.25) is 0 Å². The second-order valence-electron chi connectivity index (χ2n) is 6.91. The van der Waals surface area contributed by atoms with Gasteiger partial charge in [-0.2, -0.15) is 0 Å². The van der Waals surface area contributed by atoms with Crippen molar-refractivity contribution in [2.24, 2.45) is 0 Å². The SMILES string of the molecule is CCCCNC(=O)c1nc(C(=O)Nc2ccccc2CC)n2c1CCCC2. The molecule has 1 aliphatic rings. The zero-order valence-corrected chi connectivity index (χ0v) is 16.2. The lowest BCUT2D eigenvalue weighted by atomic mass is 10.1. The van der Waals surface area contributed by atoms with Crippen molar-refractivity contribution in [2.45, 2.75) is 58.9 Å². The molecule has 0 radical (unpaired) electrons. The second kappa shape index (κ2) is 8.84. The first-order chi connectivity index (χ1) is 13.2. The molecule has 144 valence electrons. The molecular formula is C21H28N4O2. The van der Waals surface area contributed by atoms with Crippen molar-refractivity contribution in [3.05, 3.63) is 47.0 Å². The number of carbonyl (C=O) groups is 2. The molecule has 0 bridgehead atoms. The predicted octanol–water partition coefficient (Wildman–Crippen LogP) is 3.56. The molecule has 0 spiro atoms. The summed E-state index contributed by atoms with van der Waals surface area (Å²) in [7, 11) is 0. The first-order valence-electron chi connectivity index (χ1n) is 9.92. The van der Waals surface area contributed by atoms with E-state index >= 15 is 0 Å². The Labute approximate surface area is 160 Å². The molecule has 0 atom stereocenters. The van der Waals surface area contributed by atoms with E-state index in [1.165, 1.54) is 0 Å². The summed E-state index contributed by atoms with van der Waals surface area (Å²) >= 11 is 0. The molecule has 2 N–H and O–H groups in total. The normalized spacial score (nSPS) is 13.1. The standard InChI is InChI=1S/C21H28N4O2/c1-3-5-13-22-20(26)18-17-12-8-9-14-25(17)19(24-18)21(27)23-16-11-7-6-10-15(16)4-2/h6-7,10-11H,3-5,8-9,12-14H2,1-2H3,(H,22,26)(H,23,27). The molecule has 3 rings (SSSR count). The largest absolute Gasteiger partial charge is 0.351 e. The van der Waals surface area contributed by atoms with Crippen molar-refractivity contribution in [2.75, 3.05) is 11.9 Å². The van der Waals surface area contributed by atoms with Gasteiger partial charge < -0.3 is 15.2 Å². The van der Waals surface area contributed by atoms with Gasteiger partial charge in [-0.1, -0.05) is 38.5 Å². The molecule has 6 nitrogen and oxygen atoms in total. The average molecular weight is 368 g/mol. The van der Waals surface area contributed by atoms with E-state index in [-0.39, 0.29) is 11.8 Å². The first kappa shape index (κ1) is 19.1. The summed E-state index contributed by atoms with van der Waals surface area (Å²) in [6, 6.07) is 7.77. The monoisotopic (exact) mass is 368 g/mol. The number of rotatable bonds is 7. The predicted molar refractivity (Wildman–Crippen MR) is 106 cm³/mol. The van der Waals surface area contributed by atoms with Crippen LogP contribution in [-0.4, -0.2) is 27.9 Å². The number of benzene rings is 1. The molecule has 2 aromatic rings. The number of nitrogens with one attached hydrogen (secondary N) is 2. The van der Waals surface area contributed by atoms with Crippen LogP contribution in [0.2, 0.25) is 0 Å². The third-order valence-electron chi connectivity index (χ3n) is 5.00. The zero-order valence-electron chi connectivity index (χ0n) is 16.2. The maximum Gasteiger partial charge on any atom is 0.291 e. The number of aryl methyl sites for hydroxylation is 1. The highest BCUT2D eigenvalue weighted by atomic mass is 16.2.